The lowest BCUT2D eigenvalue weighted by molar-refractivity contribution is -0.0822. The van der Waals surface area contributed by atoms with Crippen molar-refractivity contribution in [2.45, 2.75) is 52.4 Å². The zero-order valence-corrected chi connectivity index (χ0v) is 11.5. The van der Waals surface area contributed by atoms with Crippen LogP contribution in [0.3, 0.4) is 0 Å². The minimum absolute atomic E-state index is 0.0636. The number of rotatable bonds is 4. The van der Waals surface area contributed by atoms with Gasteiger partial charge in [-0.1, -0.05) is 20.8 Å². The van der Waals surface area contributed by atoms with Crippen molar-refractivity contribution in [2.24, 2.45) is 5.41 Å². The van der Waals surface area contributed by atoms with Gasteiger partial charge in [-0.15, -0.1) is 0 Å². The van der Waals surface area contributed by atoms with Crippen molar-refractivity contribution in [3.63, 3.8) is 0 Å². The van der Waals surface area contributed by atoms with Crippen LogP contribution in [0.2, 0.25) is 0 Å². The molecule has 3 unspecified atom stereocenters. The van der Waals surface area contributed by atoms with E-state index in [1.165, 1.54) is 0 Å². The van der Waals surface area contributed by atoms with Crippen molar-refractivity contribution < 1.29 is 14.9 Å². The van der Waals surface area contributed by atoms with Crippen LogP contribution in [-0.2, 0) is 4.74 Å². The number of aliphatic hydroxyl groups excluding tert-OH is 2. The van der Waals surface area contributed by atoms with Gasteiger partial charge in [0.2, 0.25) is 0 Å². The lowest BCUT2D eigenvalue weighted by Crippen LogP contribution is -2.50. The zero-order chi connectivity index (χ0) is 13.1. The second kappa shape index (κ2) is 6.14. The maximum Gasteiger partial charge on any atom is 0.0933 e. The molecule has 0 aromatic carbocycles. The van der Waals surface area contributed by atoms with E-state index in [0.29, 0.717) is 12.6 Å². The Labute approximate surface area is 105 Å². The molecule has 17 heavy (non-hydrogen) atoms. The molecule has 3 atom stereocenters. The Balaban J connectivity index is 2.39. The molecule has 1 aliphatic rings. The molecule has 1 rings (SSSR count). The SMILES string of the molecule is CC1COC(CO)CN1CCC(O)C(C)(C)C. The Morgan fingerprint density at radius 1 is 1.41 bits per heavy atom. The van der Waals surface area contributed by atoms with E-state index >= 15 is 0 Å². The molecule has 4 heteroatoms. The largest absolute Gasteiger partial charge is 0.394 e. The summed E-state index contributed by atoms with van der Waals surface area (Å²) < 4.78 is 5.49. The zero-order valence-electron chi connectivity index (χ0n) is 11.5. The Morgan fingerprint density at radius 2 is 2.06 bits per heavy atom. The molecule has 2 N–H and O–H groups in total. The molecule has 0 aliphatic carbocycles. The predicted molar refractivity (Wildman–Crippen MR) is 67.9 cm³/mol. The first-order chi connectivity index (χ1) is 7.84. The molecule has 0 radical (unpaired) electrons. The van der Waals surface area contributed by atoms with Crippen LogP contribution in [0.4, 0.5) is 0 Å². The van der Waals surface area contributed by atoms with Gasteiger partial charge < -0.3 is 14.9 Å². The van der Waals surface area contributed by atoms with E-state index < -0.39 is 0 Å². The van der Waals surface area contributed by atoms with Gasteiger partial charge >= 0.3 is 0 Å². The molecule has 0 aromatic rings. The molecule has 4 nitrogen and oxygen atoms in total. The molecule has 0 aromatic heterocycles. The normalized spacial score (nSPS) is 29.3. The summed E-state index contributed by atoms with van der Waals surface area (Å²) in [5.41, 5.74) is -0.0636. The number of aliphatic hydroxyl groups is 2. The fourth-order valence-corrected chi connectivity index (χ4v) is 2.02. The van der Waals surface area contributed by atoms with Crippen molar-refractivity contribution in [2.75, 3.05) is 26.3 Å². The molecule has 0 saturated carbocycles. The minimum Gasteiger partial charge on any atom is -0.394 e. The Morgan fingerprint density at radius 3 is 2.59 bits per heavy atom. The van der Waals surface area contributed by atoms with E-state index in [0.717, 1.165) is 19.5 Å². The summed E-state index contributed by atoms with van der Waals surface area (Å²) in [4.78, 5) is 2.29. The monoisotopic (exact) mass is 245 g/mol. The third kappa shape index (κ3) is 4.54. The van der Waals surface area contributed by atoms with Gasteiger partial charge in [0, 0.05) is 19.1 Å². The van der Waals surface area contributed by atoms with Gasteiger partial charge in [0.25, 0.3) is 0 Å². The van der Waals surface area contributed by atoms with E-state index in [9.17, 15) is 5.11 Å². The van der Waals surface area contributed by atoms with Gasteiger partial charge in [0.15, 0.2) is 0 Å². The number of morpholine rings is 1. The Kier molecular flexibility index (Phi) is 5.38. The molecule has 1 aliphatic heterocycles. The number of ether oxygens (including phenoxy) is 1. The average Bonchev–Trinajstić information content (AvgIpc) is 2.26. The fourth-order valence-electron chi connectivity index (χ4n) is 2.02. The summed E-state index contributed by atoms with van der Waals surface area (Å²) in [6.45, 7) is 10.6. The van der Waals surface area contributed by atoms with Crippen molar-refractivity contribution >= 4 is 0 Å². The molecule has 0 spiro atoms. The summed E-state index contributed by atoms with van der Waals surface area (Å²) in [7, 11) is 0. The first-order valence-electron chi connectivity index (χ1n) is 6.49. The first-order valence-corrected chi connectivity index (χ1v) is 6.49. The summed E-state index contributed by atoms with van der Waals surface area (Å²) in [6.07, 6.45) is 0.412. The third-order valence-electron chi connectivity index (χ3n) is 3.53. The van der Waals surface area contributed by atoms with E-state index in [4.69, 9.17) is 9.84 Å². The smallest absolute Gasteiger partial charge is 0.0933 e. The van der Waals surface area contributed by atoms with E-state index in [2.05, 4.69) is 32.6 Å². The molecular weight excluding hydrogens is 218 g/mol. The van der Waals surface area contributed by atoms with Gasteiger partial charge in [-0.25, -0.2) is 0 Å². The number of nitrogens with zero attached hydrogens (tertiary/aromatic N) is 1. The van der Waals surface area contributed by atoms with Crippen LogP contribution >= 0.6 is 0 Å². The van der Waals surface area contributed by atoms with Crippen molar-refractivity contribution in [3.8, 4) is 0 Å². The highest BCUT2D eigenvalue weighted by Gasteiger charge is 2.28. The second-order valence-electron chi connectivity index (χ2n) is 6.15. The molecule has 0 amide bonds. The summed E-state index contributed by atoms with van der Waals surface area (Å²) in [5.74, 6) is 0. The highest BCUT2D eigenvalue weighted by atomic mass is 16.5. The summed E-state index contributed by atoms with van der Waals surface area (Å²) in [5, 5.41) is 19.1. The van der Waals surface area contributed by atoms with Crippen LogP contribution in [0, 0.1) is 5.41 Å². The summed E-state index contributed by atoms with van der Waals surface area (Å²) in [6, 6.07) is 0.366. The van der Waals surface area contributed by atoms with E-state index in [1.54, 1.807) is 0 Å². The van der Waals surface area contributed by atoms with Gasteiger partial charge in [-0.3, -0.25) is 4.90 Å². The first kappa shape index (κ1) is 14.9. The van der Waals surface area contributed by atoms with Crippen LogP contribution in [0.25, 0.3) is 0 Å². The van der Waals surface area contributed by atoms with Crippen molar-refractivity contribution in [1.29, 1.82) is 0 Å². The minimum atomic E-state index is -0.287. The molecule has 1 fully saturated rings. The highest BCUT2D eigenvalue weighted by molar-refractivity contribution is 4.80. The predicted octanol–water partition coefficient (Wildman–Crippen LogP) is 0.865. The molecule has 0 bridgehead atoms. The van der Waals surface area contributed by atoms with Crippen molar-refractivity contribution in [3.05, 3.63) is 0 Å². The Hall–Kier alpha value is -0.160. The third-order valence-corrected chi connectivity index (χ3v) is 3.53. The second-order valence-corrected chi connectivity index (χ2v) is 6.15. The summed E-state index contributed by atoms with van der Waals surface area (Å²) >= 11 is 0. The topological polar surface area (TPSA) is 52.9 Å². The van der Waals surface area contributed by atoms with E-state index in [-0.39, 0.29) is 24.2 Å². The Bertz CT molecular complexity index is 227. The van der Waals surface area contributed by atoms with Gasteiger partial charge in [0.05, 0.1) is 25.4 Å². The van der Waals surface area contributed by atoms with E-state index in [1.807, 2.05) is 0 Å². The molecule has 1 heterocycles. The lowest BCUT2D eigenvalue weighted by atomic mass is 9.87. The van der Waals surface area contributed by atoms with Gasteiger partial charge in [-0.2, -0.15) is 0 Å². The lowest BCUT2D eigenvalue weighted by Gasteiger charge is -2.38. The quantitative estimate of drug-likeness (QED) is 0.771. The van der Waals surface area contributed by atoms with Crippen LogP contribution < -0.4 is 0 Å². The molecular formula is C13H27NO3. The van der Waals surface area contributed by atoms with Crippen LogP contribution in [0.15, 0.2) is 0 Å². The maximum atomic E-state index is 10.0. The average molecular weight is 245 g/mol. The van der Waals surface area contributed by atoms with Crippen LogP contribution in [0.1, 0.15) is 34.1 Å². The highest BCUT2D eigenvalue weighted by Crippen LogP contribution is 2.22. The van der Waals surface area contributed by atoms with Gasteiger partial charge in [-0.05, 0) is 18.8 Å². The van der Waals surface area contributed by atoms with Crippen LogP contribution in [-0.4, -0.2) is 59.7 Å². The fraction of sp³-hybridized carbons (Fsp3) is 1.00. The molecule has 1 saturated heterocycles. The standard InChI is InChI=1S/C13H27NO3/c1-10-9-17-11(8-15)7-14(10)6-5-12(16)13(2,3)4/h10-12,15-16H,5-9H2,1-4H3. The molecule has 102 valence electrons. The number of hydrogen-bond donors (Lipinski definition) is 2. The maximum absolute atomic E-state index is 10.0. The number of hydrogen-bond acceptors (Lipinski definition) is 4. The van der Waals surface area contributed by atoms with Gasteiger partial charge in [0.1, 0.15) is 0 Å². The van der Waals surface area contributed by atoms with Crippen LogP contribution in [0.5, 0.6) is 0 Å². The van der Waals surface area contributed by atoms with Crippen molar-refractivity contribution in [1.82, 2.24) is 4.90 Å².